The van der Waals surface area contributed by atoms with Gasteiger partial charge in [-0.3, -0.25) is 0 Å². The first-order valence-corrected chi connectivity index (χ1v) is 13.6. The molecule has 3 heterocycles. The molecule has 6 rings (SSSR count). The van der Waals surface area contributed by atoms with Gasteiger partial charge in [-0.25, -0.2) is 19.2 Å². The maximum atomic E-state index is 14.0. The van der Waals surface area contributed by atoms with Crippen LogP contribution >= 0.6 is 15.9 Å². The zero-order valence-electron chi connectivity index (χ0n) is 21.5. The molecule has 37 heavy (non-hydrogen) atoms. The highest BCUT2D eigenvalue weighted by Crippen LogP contribution is 2.69. The number of nitrogen functional groups attached to an aromatic ring is 1. The number of fused-ring (bicyclic) bond motifs is 1. The van der Waals surface area contributed by atoms with Crippen molar-refractivity contribution in [2.75, 3.05) is 18.8 Å². The van der Waals surface area contributed by atoms with E-state index < -0.39 is 23.6 Å². The summed E-state index contributed by atoms with van der Waals surface area (Å²) in [7, 11) is 0. The molecule has 4 aliphatic rings. The third-order valence-electron chi connectivity index (χ3n) is 7.39. The van der Waals surface area contributed by atoms with Crippen LogP contribution in [0.2, 0.25) is 0 Å². The zero-order valence-corrected chi connectivity index (χ0v) is 23.1. The molecule has 2 aromatic heterocycles. The van der Waals surface area contributed by atoms with Gasteiger partial charge in [-0.15, -0.1) is 0 Å². The molecular weight excluding hydrogens is 545 g/mol. The van der Waals surface area contributed by atoms with Crippen LogP contribution in [-0.2, 0) is 9.47 Å². The monoisotopic (exact) mass is 579 g/mol. The molecule has 0 spiro atoms. The maximum absolute atomic E-state index is 14.0. The van der Waals surface area contributed by atoms with Crippen LogP contribution in [0.4, 0.5) is 15.0 Å². The van der Waals surface area contributed by atoms with E-state index in [0.717, 1.165) is 17.3 Å². The van der Waals surface area contributed by atoms with E-state index in [4.69, 9.17) is 15.2 Å². The molecule has 0 unspecified atom stereocenters. The first kappa shape index (κ1) is 26.4. The fourth-order valence-electron chi connectivity index (χ4n) is 5.95. The van der Waals surface area contributed by atoms with Gasteiger partial charge in [0.15, 0.2) is 6.23 Å². The van der Waals surface area contributed by atoms with E-state index in [-0.39, 0.29) is 17.6 Å². The lowest BCUT2D eigenvalue weighted by Gasteiger charge is -2.66. The number of aromatic nitrogens is 3. The number of unbranched alkanes of at least 4 members (excludes halogenated alkanes) is 1. The number of hydrogen-bond acceptors (Lipinski definition) is 7. The Morgan fingerprint density at radius 2 is 2.14 bits per heavy atom. The lowest BCUT2D eigenvalue weighted by molar-refractivity contribution is -0.219. The molecule has 1 amide bonds. The van der Waals surface area contributed by atoms with E-state index in [2.05, 4.69) is 25.9 Å². The van der Waals surface area contributed by atoms with E-state index in [1.165, 1.54) is 6.33 Å². The van der Waals surface area contributed by atoms with Crippen LogP contribution in [0.1, 0.15) is 65.5 Å². The third kappa shape index (κ3) is 5.35. The lowest BCUT2D eigenvalue weighted by atomic mass is 9.42. The van der Waals surface area contributed by atoms with Gasteiger partial charge in [0.05, 0.1) is 11.5 Å². The van der Waals surface area contributed by atoms with E-state index in [1.54, 1.807) is 15.7 Å². The predicted octanol–water partition coefficient (Wildman–Crippen LogP) is 4.89. The average Bonchev–Trinajstić information content (AvgIpc) is 3.29. The topological polar surface area (TPSA) is 116 Å². The maximum Gasteiger partial charge on any atom is 0.410 e. The van der Waals surface area contributed by atoms with Crippen molar-refractivity contribution < 1.29 is 23.8 Å². The molecule has 0 aromatic carbocycles. The summed E-state index contributed by atoms with van der Waals surface area (Å²) in [4.78, 5) is 22.9. The lowest BCUT2D eigenvalue weighted by Crippen LogP contribution is -2.68. The number of nitrogens with two attached hydrogens (primary N) is 1. The molecule has 11 heteroatoms. The van der Waals surface area contributed by atoms with Gasteiger partial charge in [0.25, 0.3) is 0 Å². The molecular formula is C26H35BrFN5O4. The average molecular weight is 580 g/mol. The Hall–Kier alpha value is -2.24. The fourth-order valence-corrected chi connectivity index (χ4v) is 6.55. The van der Waals surface area contributed by atoms with Crippen LogP contribution in [0.3, 0.4) is 0 Å². The number of rotatable bonds is 8. The van der Waals surface area contributed by atoms with Gasteiger partial charge in [-0.1, -0.05) is 12.2 Å². The van der Waals surface area contributed by atoms with Crippen molar-refractivity contribution in [3.63, 3.8) is 0 Å². The summed E-state index contributed by atoms with van der Waals surface area (Å²) in [5.41, 5.74) is 4.94. The Labute approximate surface area is 224 Å². The van der Waals surface area contributed by atoms with E-state index in [0.29, 0.717) is 55.6 Å². The number of ether oxygens (including phenoxy) is 2. The second-order valence-electron chi connectivity index (χ2n) is 11.9. The normalized spacial score (nSPS) is 30.9. The van der Waals surface area contributed by atoms with Crippen LogP contribution in [0.15, 0.2) is 29.1 Å². The smallest absolute Gasteiger partial charge is 0.410 e. The van der Waals surface area contributed by atoms with E-state index in [1.807, 2.05) is 32.9 Å². The van der Waals surface area contributed by atoms with Gasteiger partial charge in [-0.2, -0.15) is 0 Å². The SMILES string of the molecule is CC(C)(C)OC(=O)N(CCC/C=C/[C@@H]1C[C@@H](O)[C@H](n2cc(Br)c3c(N)ncnc32)O1)CC12CC(F)(C1)C2. The van der Waals surface area contributed by atoms with Crippen molar-refractivity contribution in [1.29, 1.82) is 0 Å². The Balaban J connectivity index is 1.15. The zero-order chi connectivity index (χ0) is 26.6. The highest BCUT2D eigenvalue weighted by Gasteiger charge is 2.69. The highest BCUT2D eigenvalue weighted by molar-refractivity contribution is 9.10. The molecule has 2 aromatic rings. The first-order valence-electron chi connectivity index (χ1n) is 12.8. The quantitative estimate of drug-likeness (QED) is 0.338. The minimum Gasteiger partial charge on any atom is -0.444 e. The van der Waals surface area contributed by atoms with Gasteiger partial charge < -0.3 is 29.8 Å². The number of aliphatic hydroxyl groups excluding tert-OH is 1. The summed E-state index contributed by atoms with van der Waals surface area (Å²) < 4.78 is 28.3. The number of alkyl halides is 1. The van der Waals surface area contributed by atoms with Crippen molar-refractivity contribution >= 4 is 38.9 Å². The second kappa shape index (κ2) is 9.50. The number of nitrogens with zero attached hydrogens (tertiary/aromatic N) is 4. The molecule has 202 valence electrons. The van der Waals surface area contributed by atoms with E-state index in [9.17, 15) is 14.3 Å². The molecule has 2 bridgehead atoms. The minimum atomic E-state index is -0.991. The van der Waals surface area contributed by atoms with Gasteiger partial charge in [0, 0.05) is 30.2 Å². The number of amides is 1. The predicted molar refractivity (Wildman–Crippen MR) is 140 cm³/mol. The number of anilines is 1. The molecule has 3 aliphatic carbocycles. The molecule has 0 radical (unpaired) electrons. The minimum absolute atomic E-state index is 0.0719. The molecule has 9 nitrogen and oxygen atoms in total. The number of hydrogen-bond donors (Lipinski definition) is 2. The first-order chi connectivity index (χ1) is 17.4. The molecule has 1 aliphatic heterocycles. The van der Waals surface area contributed by atoms with Crippen molar-refractivity contribution in [3.05, 3.63) is 29.1 Å². The van der Waals surface area contributed by atoms with Crippen molar-refractivity contribution in [3.8, 4) is 0 Å². The molecule has 1 saturated heterocycles. The molecule has 3 saturated carbocycles. The van der Waals surface area contributed by atoms with Crippen LogP contribution < -0.4 is 5.73 Å². The fraction of sp³-hybridized carbons (Fsp3) is 0.654. The Morgan fingerprint density at radius 3 is 2.81 bits per heavy atom. The third-order valence-corrected chi connectivity index (χ3v) is 7.99. The number of aliphatic hydroxyl groups is 1. The summed E-state index contributed by atoms with van der Waals surface area (Å²) in [5.74, 6) is 0.359. The summed E-state index contributed by atoms with van der Waals surface area (Å²) in [6.07, 6.45) is 8.88. The molecule has 3 atom stereocenters. The van der Waals surface area contributed by atoms with E-state index >= 15 is 0 Å². The van der Waals surface area contributed by atoms with Crippen LogP contribution in [-0.4, -0.2) is 67.2 Å². The van der Waals surface area contributed by atoms with Crippen LogP contribution in [0.5, 0.6) is 0 Å². The highest BCUT2D eigenvalue weighted by atomic mass is 79.9. The Bertz CT molecular complexity index is 1190. The van der Waals surface area contributed by atoms with Gasteiger partial charge in [0.1, 0.15) is 35.2 Å². The number of allylic oxidation sites excluding steroid dienone is 1. The van der Waals surface area contributed by atoms with Gasteiger partial charge in [0.2, 0.25) is 0 Å². The number of carbonyl (C=O) groups is 1. The van der Waals surface area contributed by atoms with Crippen LogP contribution in [0, 0.1) is 5.41 Å². The molecule has 3 N–H and O–H groups in total. The summed E-state index contributed by atoms with van der Waals surface area (Å²) in [6.45, 7) is 6.64. The standard InChI is InChI=1S/C26H35BrFN5O4/c1-24(2,3)37-23(35)32(14-25-11-26(28,12-25)13-25)8-6-4-5-7-16-9-18(34)22(36-16)33-10-17(27)19-20(29)30-15-31-21(19)33/h5,7,10,15-16,18,22,34H,4,6,8-9,11-14H2,1-3H3,(H2,29,30,31)/b7-5+/t16-,18-,22-,25?,26?/m1/s1. The Kier molecular flexibility index (Phi) is 6.77. The van der Waals surface area contributed by atoms with Gasteiger partial charge >= 0.3 is 6.09 Å². The summed E-state index contributed by atoms with van der Waals surface area (Å²) >= 11 is 3.49. The summed E-state index contributed by atoms with van der Waals surface area (Å²) in [5, 5.41) is 11.4. The van der Waals surface area contributed by atoms with Gasteiger partial charge in [-0.05, 0) is 74.2 Å². The van der Waals surface area contributed by atoms with Crippen molar-refractivity contribution in [2.45, 2.75) is 89.0 Å². The summed E-state index contributed by atoms with van der Waals surface area (Å²) in [6, 6.07) is 0. The van der Waals surface area contributed by atoms with Crippen molar-refractivity contribution in [1.82, 2.24) is 19.4 Å². The van der Waals surface area contributed by atoms with Crippen molar-refractivity contribution in [2.24, 2.45) is 5.41 Å². The number of carbonyl (C=O) groups excluding carboxylic acids is 1. The van der Waals surface area contributed by atoms with Crippen LogP contribution in [0.25, 0.3) is 11.0 Å². The Morgan fingerprint density at radius 1 is 1.41 bits per heavy atom. The number of halogens is 2. The largest absolute Gasteiger partial charge is 0.444 e. The molecule has 4 fully saturated rings. The second-order valence-corrected chi connectivity index (χ2v) is 12.7.